The van der Waals surface area contributed by atoms with Gasteiger partial charge < -0.3 is 25.6 Å². The number of nitrogens with two attached hydrogens (primary N) is 1. The lowest BCUT2D eigenvalue weighted by atomic mass is 10.1. The average molecular weight is 416 g/mol. The van der Waals surface area contributed by atoms with Crippen LogP contribution in [0.15, 0.2) is 24.3 Å². The van der Waals surface area contributed by atoms with Crippen LogP contribution in [0.2, 0.25) is 0 Å². The first kappa shape index (κ1) is 19.7. The zero-order valence-corrected chi connectivity index (χ0v) is 17.4. The monoisotopic (exact) mass is 415 g/mol. The number of ether oxygens (including phenoxy) is 1. The number of nitrogens with one attached hydrogen (secondary N) is 2. The van der Waals surface area contributed by atoms with Crippen molar-refractivity contribution in [2.45, 2.75) is 19.3 Å². The Bertz CT molecular complexity index is 901. The van der Waals surface area contributed by atoms with E-state index in [4.69, 9.17) is 10.5 Å². The largest absolute Gasteiger partial charge is 0.497 e. The van der Waals surface area contributed by atoms with Gasteiger partial charge in [-0.3, -0.25) is 9.59 Å². The van der Waals surface area contributed by atoms with Crippen LogP contribution < -0.4 is 25.6 Å². The first-order valence-electron chi connectivity index (χ1n) is 10.0. The van der Waals surface area contributed by atoms with Gasteiger partial charge in [-0.15, -0.1) is 11.3 Å². The summed E-state index contributed by atoms with van der Waals surface area (Å²) >= 11 is 1.51. The Morgan fingerprint density at radius 3 is 2.59 bits per heavy atom. The third-order valence-corrected chi connectivity index (χ3v) is 6.95. The highest BCUT2D eigenvalue weighted by molar-refractivity contribution is 7.17. The Morgan fingerprint density at radius 1 is 1.21 bits per heavy atom. The minimum absolute atomic E-state index is 0.0553. The number of quaternary nitrogens is 1. The number of nitrogens with zero attached hydrogens (tertiary/aromatic N) is 1. The van der Waals surface area contributed by atoms with E-state index >= 15 is 0 Å². The number of carbonyl (C=O) groups excluding carboxylic acids is 2. The van der Waals surface area contributed by atoms with Gasteiger partial charge in [-0.2, -0.15) is 0 Å². The van der Waals surface area contributed by atoms with Crippen molar-refractivity contribution in [2.24, 2.45) is 5.73 Å². The standard InChI is InChI=1S/C21H26N4O3S/c1-28-15-7-5-14(6-8-15)25-11-9-24(10-12-25)13-18(26)23-21-19(20(22)27)16-3-2-4-17(16)29-21/h5-8H,2-4,9-13H2,1H3,(H2,22,27)(H,23,26)/p+1. The predicted molar refractivity (Wildman–Crippen MR) is 114 cm³/mol. The molecular formula is C21H27N4O3S+. The number of hydrogen-bond donors (Lipinski definition) is 3. The van der Waals surface area contributed by atoms with Gasteiger partial charge >= 0.3 is 0 Å². The van der Waals surface area contributed by atoms with Gasteiger partial charge in [0.15, 0.2) is 6.54 Å². The topological polar surface area (TPSA) is 89.1 Å². The Hall–Kier alpha value is -2.58. The molecule has 1 saturated heterocycles. The van der Waals surface area contributed by atoms with E-state index in [0.717, 1.165) is 56.8 Å². The Morgan fingerprint density at radius 2 is 1.93 bits per heavy atom. The van der Waals surface area contributed by atoms with E-state index in [-0.39, 0.29) is 5.91 Å². The van der Waals surface area contributed by atoms with Gasteiger partial charge in [0.05, 0.1) is 38.9 Å². The predicted octanol–water partition coefficient (Wildman–Crippen LogP) is 0.688. The summed E-state index contributed by atoms with van der Waals surface area (Å²) in [5, 5.41) is 3.58. The third kappa shape index (κ3) is 4.23. The second kappa shape index (κ2) is 8.42. The number of primary amides is 1. The van der Waals surface area contributed by atoms with E-state index in [1.165, 1.54) is 26.8 Å². The molecule has 0 saturated carbocycles. The summed E-state index contributed by atoms with van der Waals surface area (Å²) in [6.45, 7) is 3.98. The lowest BCUT2D eigenvalue weighted by molar-refractivity contribution is -0.892. The minimum Gasteiger partial charge on any atom is -0.497 e. The second-order valence-corrected chi connectivity index (χ2v) is 8.69. The van der Waals surface area contributed by atoms with Gasteiger partial charge in [-0.05, 0) is 49.1 Å². The highest BCUT2D eigenvalue weighted by Crippen LogP contribution is 2.38. The number of anilines is 2. The van der Waals surface area contributed by atoms with Gasteiger partial charge in [0.1, 0.15) is 10.8 Å². The fraction of sp³-hybridized carbons (Fsp3) is 0.429. The third-order valence-electron chi connectivity index (χ3n) is 5.74. The Kier molecular flexibility index (Phi) is 5.73. The molecule has 2 aromatic rings. The van der Waals surface area contributed by atoms with E-state index < -0.39 is 5.91 Å². The number of aryl methyl sites for hydroxylation is 1. The number of rotatable bonds is 6. The Labute approximate surface area is 174 Å². The van der Waals surface area contributed by atoms with E-state index in [2.05, 4.69) is 22.3 Å². The first-order valence-corrected chi connectivity index (χ1v) is 10.8. The van der Waals surface area contributed by atoms with Crippen LogP contribution in [0.5, 0.6) is 5.75 Å². The van der Waals surface area contributed by atoms with E-state index in [0.29, 0.717) is 17.1 Å². The maximum atomic E-state index is 12.6. The average Bonchev–Trinajstić information content (AvgIpc) is 3.29. The molecule has 2 aliphatic rings. The van der Waals surface area contributed by atoms with Crippen LogP contribution in [0.1, 0.15) is 27.2 Å². The molecule has 0 bridgehead atoms. The van der Waals surface area contributed by atoms with Crippen molar-refractivity contribution in [1.29, 1.82) is 0 Å². The van der Waals surface area contributed by atoms with E-state index in [1.54, 1.807) is 7.11 Å². The molecule has 2 amide bonds. The van der Waals surface area contributed by atoms with Crippen LogP contribution in [0, 0.1) is 0 Å². The number of hydrogen-bond acceptors (Lipinski definition) is 5. The molecule has 1 aromatic carbocycles. The zero-order valence-electron chi connectivity index (χ0n) is 16.6. The van der Waals surface area contributed by atoms with Crippen molar-refractivity contribution in [3.63, 3.8) is 0 Å². The normalized spacial score (nSPS) is 16.5. The number of thiophene rings is 1. The van der Waals surface area contributed by atoms with Crippen LogP contribution in [0.3, 0.4) is 0 Å². The van der Waals surface area contributed by atoms with Crippen LogP contribution in [0.25, 0.3) is 0 Å². The summed E-state index contributed by atoms with van der Waals surface area (Å²) in [6, 6.07) is 8.07. The number of benzene rings is 1. The van der Waals surface area contributed by atoms with Crippen molar-refractivity contribution >= 4 is 33.8 Å². The molecule has 29 heavy (non-hydrogen) atoms. The molecule has 0 radical (unpaired) electrons. The molecule has 4 N–H and O–H groups in total. The summed E-state index contributed by atoms with van der Waals surface area (Å²) < 4.78 is 5.21. The molecule has 0 atom stereocenters. The molecule has 1 fully saturated rings. The lowest BCUT2D eigenvalue weighted by Crippen LogP contribution is -3.15. The van der Waals surface area contributed by atoms with Crippen molar-refractivity contribution in [3.8, 4) is 5.75 Å². The molecule has 1 aromatic heterocycles. The first-order chi connectivity index (χ1) is 14.0. The van der Waals surface area contributed by atoms with Crippen molar-refractivity contribution in [1.82, 2.24) is 0 Å². The number of methoxy groups -OCH3 is 1. The molecule has 8 heteroatoms. The van der Waals surface area contributed by atoms with Gasteiger partial charge in [-0.25, -0.2) is 0 Å². The van der Waals surface area contributed by atoms with Gasteiger partial charge in [0.25, 0.3) is 11.8 Å². The molecule has 7 nitrogen and oxygen atoms in total. The summed E-state index contributed by atoms with van der Waals surface area (Å²) in [5.74, 6) is 0.352. The molecular weight excluding hydrogens is 388 g/mol. The summed E-state index contributed by atoms with van der Waals surface area (Å²) in [7, 11) is 1.67. The van der Waals surface area contributed by atoms with E-state index in [9.17, 15) is 9.59 Å². The van der Waals surface area contributed by atoms with E-state index in [1.807, 2.05) is 12.1 Å². The molecule has 154 valence electrons. The summed E-state index contributed by atoms with van der Waals surface area (Å²) in [5.41, 5.74) is 8.32. The van der Waals surface area contributed by atoms with Crippen molar-refractivity contribution in [3.05, 3.63) is 40.3 Å². The van der Waals surface area contributed by atoms with Gasteiger partial charge in [0, 0.05) is 10.6 Å². The molecule has 0 spiro atoms. The molecule has 1 aliphatic heterocycles. The molecule has 4 rings (SSSR count). The van der Waals surface area contributed by atoms with Gasteiger partial charge in [0.2, 0.25) is 0 Å². The number of amides is 2. The molecule has 2 heterocycles. The number of carbonyl (C=O) groups is 2. The maximum absolute atomic E-state index is 12.6. The van der Waals surface area contributed by atoms with Crippen molar-refractivity contribution < 1.29 is 19.2 Å². The van der Waals surface area contributed by atoms with Crippen LogP contribution >= 0.6 is 11.3 Å². The highest BCUT2D eigenvalue weighted by atomic mass is 32.1. The van der Waals surface area contributed by atoms with Crippen LogP contribution in [-0.2, 0) is 17.6 Å². The maximum Gasteiger partial charge on any atom is 0.280 e. The zero-order chi connectivity index (χ0) is 20.4. The Balaban J connectivity index is 1.32. The smallest absolute Gasteiger partial charge is 0.280 e. The fourth-order valence-corrected chi connectivity index (χ4v) is 5.51. The number of piperazine rings is 1. The number of fused-ring (bicyclic) bond motifs is 1. The van der Waals surface area contributed by atoms with Crippen LogP contribution in [-0.4, -0.2) is 51.6 Å². The van der Waals surface area contributed by atoms with Crippen LogP contribution in [0.4, 0.5) is 10.7 Å². The SMILES string of the molecule is COc1ccc(N2CC[NH+](CC(=O)Nc3sc4c(c3C(N)=O)CCC4)CC2)cc1. The fourth-order valence-electron chi connectivity index (χ4n) is 4.20. The highest BCUT2D eigenvalue weighted by Gasteiger charge is 2.28. The minimum atomic E-state index is -0.444. The quantitative estimate of drug-likeness (QED) is 0.648. The summed E-state index contributed by atoms with van der Waals surface area (Å²) in [6.07, 6.45) is 2.89. The molecule has 0 unspecified atom stereocenters. The summed E-state index contributed by atoms with van der Waals surface area (Å²) in [4.78, 5) is 29.2. The van der Waals surface area contributed by atoms with Crippen molar-refractivity contribution in [2.75, 3.05) is 50.1 Å². The van der Waals surface area contributed by atoms with Gasteiger partial charge in [-0.1, -0.05) is 0 Å². The lowest BCUT2D eigenvalue weighted by Gasteiger charge is -2.33. The second-order valence-electron chi connectivity index (χ2n) is 7.59. The molecule has 1 aliphatic carbocycles.